The Morgan fingerprint density at radius 2 is 2.00 bits per heavy atom. The quantitative estimate of drug-likeness (QED) is 0.772. The topological polar surface area (TPSA) is 55.8 Å². The molecule has 1 rings (SSSR count). The Labute approximate surface area is 84.0 Å². The first-order chi connectivity index (χ1) is 6.87. The predicted octanol–water partition coefficient (Wildman–Crippen LogP) is 1.40. The van der Waals surface area contributed by atoms with E-state index in [1.54, 1.807) is 0 Å². The second-order valence-electron chi connectivity index (χ2n) is 3.43. The van der Waals surface area contributed by atoms with E-state index in [1.165, 1.54) is 0 Å². The molecule has 0 radical (unpaired) electrons. The third-order valence-corrected chi connectivity index (χ3v) is 2.07. The fourth-order valence-electron chi connectivity index (χ4n) is 1.41. The van der Waals surface area contributed by atoms with Crippen LogP contribution in [0.1, 0.15) is 12.8 Å². The highest BCUT2D eigenvalue weighted by atomic mass is 19.4. The number of hydrogen-bond donors (Lipinski definition) is 1. The van der Waals surface area contributed by atoms with Crippen molar-refractivity contribution in [3.63, 3.8) is 0 Å². The van der Waals surface area contributed by atoms with Crippen LogP contribution in [0, 0.1) is 5.92 Å². The van der Waals surface area contributed by atoms with E-state index in [-0.39, 0.29) is 25.4 Å². The van der Waals surface area contributed by atoms with Crippen LogP contribution in [-0.4, -0.2) is 36.8 Å². The lowest BCUT2D eigenvalue weighted by Gasteiger charge is -2.34. The van der Waals surface area contributed by atoms with E-state index in [4.69, 9.17) is 9.84 Å². The molecule has 1 fully saturated rings. The molecular weight excluding hydrogens is 217 g/mol. The molecule has 15 heavy (non-hydrogen) atoms. The van der Waals surface area contributed by atoms with Gasteiger partial charge in [0.25, 0.3) is 0 Å². The van der Waals surface area contributed by atoms with Gasteiger partial charge in [0.15, 0.2) is 0 Å². The lowest BCUT2D eigenvalue weighted by molar-refractivity contribution is -0.354. The average molecular weight is 228 g/mol. The molecule has 7 heteroatoms. The fraction of sp³-hybridized carbons (Fsp3) is 0.875. The van der Waals surface area contributed by atoms with Crippen molar-refractivity contribution < 1.29 is 32.5 Å². The Balaban J connectivity index is 2.03. The number of rotatable bonds is 5. The van der Waals surface area contributed by atoms with Gasteiger partial charge in [-0.15, -0.1) is 13.2 Å². The molecule has 0 bridgehead atoms. The molecule has 0 aromatic heterocycles. The zero-order valence-corrected chi connectivity index (χ0v) is 7.79. The molecule has 0 spiro atoms. The normalized spacial score (nSPS) is 26.1. The van der Waals surface area contributed by atoms with Gasteiger partial charge in [-0.3, -0.25) is 4.74 Å². The largest absolute Gasteiger partial charge is 0.522 e. The highest BCUT2D eigenvalue weighted by Gasteiger charge is 2.40. The Morgan fingerprint density at radius 1 is 1.40 bits per heavy atom. The van der Waals surface area contributed by atoms with E-state index in [1.807, 2.05) is 0 Å². The van der Waals surface area contributed by atoms with Gasteiger partial charge in [0.1, 0.15) is 6.61 Å². The van der Waals surface area contributed by atoms with Gasteiger partial charge in [-0.2, -0.15) is 0 Å². The highest BCUT2D eigenvalue weighted by molar-refractivity contribution is 5.67. The first-order valence-electron chi connectivity index (χ1n) is 4.41. The number of halogens is 3. The van der Waals surface area contributed by atoms with Crippen LogP contribution < -0.4 is 0 Å². The minimum Gasteiger partial charge on any atom is -0.480 e. The van der Waals surface area contributed by atoms with E-state index in [9.17, 15) is 18.0 Å². The van der Waals surface area contributed by atoms with Crippen LogP contribution in [-0.2, 0) is 14.3 Å². The standard InChI is InChI=1S/C8H11F3O4/c9-8(10,11)15-6-1-5(2-6)3-14-4-7(12)13/h5-6H,1-4H2,(H,12,13). The minimum atomic E-state index is -4.59. The summed E-state index contributed by atoms with van der Waals surface area (Å²) in [5.41, 5.74) is 0. The Hall–Kier alpha value is -0.820. The van der Waals surface area contributed by atoms with Gasteiger partial charge >= 0.3 is 12.3 Å². The summed E-state index contributed by atoms with van der Waals surface area (Å²) in [6.45, 7) is -0.245. The summed E-state index contributed by atoms with van der Waals surface area (Å²) in [5, 5.41) is 8.22. The maximum atomic E-state index is 11.7. The molecule has 0 saturated heterocycles. The lowest BCUT2D eigenvalue weighted by atomic mass is 9.83. The molecule has 0 aliphatic heterocycles. The molecule has 0 aromatic carbocycles. The summed E-state index contributed by atoms with van der Waals surface area (Å²) in [4.78, 5) is 10.0. The molecule has 1 saturated carbocycles. The average Bonchev–Trinajstić information content (AvgIpc) is 1.96. The summed E-state index contributed by atoms with van der Waals surface area (Å²) in [6.07, 6.45) is -4.86. The summed E-state index contributed by atoms with van der Waals surface area (Å²) in [6, 6.07) is 0. The summed E-state index contributed by atoms with van der Waals surface area (Å²) < 4.78 is 43.5. The number of ether oxygens (including phenoxy) is 2. The minimum absolute atomic E-state index is 0.0308. The summed E-state index contributed by atoms with van der Waals surface area (Å²) in [5.74, 6) is -1.12. The number of aliphatic carboxylic acids is 1. The number of carboxylic acids is 1. The van der Waals surface area contributed by atoms with Crippen molar-refractivity contribution in [1.82, 2.24) is 0 Å². The monoisotopic (exact) mass is 228 g/mol. The number of carbonyl (C=O) groups is 1. The van der Waals surface area contributed by atoms with Gasteiger partial charge in [0, 0.05) is 0 Å². The molecule has 88 valence electrons. The third-order valence-electron chi connectivity index (χ3n) is 2.07. The number of carboxylic acid groups (broad SMARTS) is 1. The van der Waals surface area contributed by atoms with Gasteiger partial charge in [-0.05, 0) is 18.8 Å². The van der Waals surface area contributed by atoms with Crippen molar-refractivity contribution in [3.8, 4) is 0 Å². The second kappa shape index (κ2) is 4.80. The van der Waals surface area contributed by atoms with Crippen molar-refractivity contribution >= 4 is 5.97 Å². The van der Waals surface area contributed by atoms with Crippen LogP contribution in [0.2, 0.25) is 0 Å². The van der Waals surface area contributed by atoms with Crippen molar-refractivity contribution in [1.29, 1.82) is 0 Å². The maximum Gasteiger partial charge on any atom is 0.522 e. The molecule has 1 N–H and O–H groups in total. The van der Waals surface area contributed by atoms with Crippen LogP contribution in [0.15, 0.2) is 0 Å². The lowest BCUT2D eigenvalue weighted by Crippen LogP contribution is -2.38. The Kier molecular flexibility index (Phi) is 3.92. The van der Waals surface area contributed by atoms with Crippen LogP contribution >= 0.6 is 0 Å². The van der Waals surface area contributed by atoms with Crippen LogP contribution in [0.3, 0.4) is 0 Å². The first kappa shape index (κ1) is 12.3. The molecule has 0 atom stereocenters. The summed E-state index contributed by atoms with van der Waals surface area (Å²) in [7, 11) is 0. The fourth-order valence-corrected chi connectivity index (χ4v) is 1.41. The molecule has 0 aromatic rings. The van der Waals surface area contributed by atoms with Gasteiger partial charge in [-0.1, -0.05) is 0 Å². The third kappa shape index (κ3) is 4.98. The van der Waals surface area contributed by atoms with E-state index < -0.39 is 25.0 Å². The number of hydrogen-bond acceptors (Lipinski definition) is 3. The molecular formula is C8H11F3O4. The van der Waals surface area contributed by atoms with Crippen molar-refractivity contribution in [2.75, 3.05) is 13.2 Å². The predicted molar refractivity (Wildman–Crippen MR) is 42.1 cm³/mol. The van der Waals surface area contributed by atoms with Crippen LogP contribution in [0.4, 0.5) is 13.2 Å². The Morgan fingerprint density at radius 3 is 2.47 bits per heavy atom. The molecule has 1 aliphatic carbocycles. The van der Waals surface area contributed by atoms with Gasteiger partial charge in [-0.25, -0.2) is 4.79 Å². The Bertz CT molecular complexity index is 222. The van der Waals surface area contributed by atoms with Crippen molar-refractivity contribution in [2.45, 2.75) is 25.3 Å². The van der Waals surface area contributed by atoms with E-state index in [0.717, 1.165) is 0 Å². The molecule has 0 unspecified atom stereocenters. The number of alkyl halides is 3. The van der Waals surface area contributed by atoms with E-state index >= 15 is 0 Å². The van der Waals surface area contributed by atoms with Crippen molar-refractivity contribution in [2.24, 2.45) is 5.92 Å². The van der Waals surface area contributed by atoms with E-state index in [2.05, 4.69) is 4.74 Å². The van der Waals surface area contributed by atoms with Crippen molar-refractivity contribution in [3.05, 3.63) is 0 Å². The van der Waals surface area contributed by atoms with Gasteiger partial charge < -0.3 is 9.84 Å². The molecule has 0 amide bonds. The smallest absolute Gasteiger partial charge is 0.480 e. The maximum absolute atomic E-state index is 11.7. The van der Waals surface area contributed by atoms with Gasteiger partial charge in [0.2, 0.25) is 0 Å². The highest BCUT2D eigenvalue weighted by Crippen LogP contribution is 2.34. The van der Waals surface area contributed by atoms with Gasteiger partial charge in [0.05, 0.1) is 12.7 Å². The SMILES string of the molecule is O=C(O)COCC1CC(OC(F)(F)F)C1. The zero-order valence-electron chi connectivity index (χ0n) is 7.79. The summed E-state index contributed by atoms with van der Waals surface area (Å²) >= 11 is 0. The first-order valence-corrected chi connectivity index (χ1v) is 4.41. The molecule has 4 nitrogen and oxygen atoms in total. The molecule has 0 heterocycles. The zero-order chi connectivity index (χ0) is 11.5. The molecule has 1 aliphatic rings. The van der Waals surface area contributed by atoms with Crippen LogP contribution in [0.5, 0.6) is 0 Å². The van der Waals surface area contributed by atoms with E-state index in [0.29, 0.717) is 0 Å². The van der Waals surface area contributed by atoms with Crippen LogP contribution in [0.25, 0.3) is 0 Å². The second-order valence-corrected chi connectivity index (χ2v) is 3.43.